The van der Waals surface area contributed by atoms with Crippen LogP contribution in [0, 0.1) is 5.92 Å². The van der Waals surface area contributed by atoms with Crippen LogP contribution in [0.3, 0.4) is 0 Å². The summed E-state index contributed by atoms with van der Waals surface area (Å²) in [6.07, 6.45) is 0.620. The van der Waals surface area contributed by atoms with Gasteiger partial charge in [0.15, 0.2) is 0 Å². The summed E-state index contributed by atoms with van der Waals surface area (Å²) < 4.78 is 4.91. The number of thiophene rings is 1. The molecule has 18 heavy (non-hydrogen) atoms. The number of carbonyl (C=O) groups excluding carboxylic acids is 1. The molecule has 0 radical (unpaired) electrons. The average Bonchev–Trinajstić information content (AvgIpc) is 2.96. The van der Waals surface area contributed by atoms with E-state index in [1.165, 1.54) is 12.0 Å². The van der Waals surface area contributed by atoms with Crippen molar-refractivity contribution in [3.8, 4) is 0 Å². The van der Waals surface area contributed by atoms with E-state index in [0.29, 0.717) is 6.42 Å². The molecule has 1 aliphatic rings. The number of hydrogen-bond acceptors (Lipinski definition) is 5. The highest BCUT2D eigenvalue weighted by Gasteiger charge is 2.52. The molecular formula is C13H19NO3S. The van der Waals surface area contributed by atoms with Crippen LogP contribution in [0.2, 0.25) is 0 Å². The molecule has 0 unspecified atom stereocenters. The van der Waals surface area contributed by atoms with Gasteiger partial charge in [-0.15, -0.1) is 11.3 Å². The maximum atomic E-state index is 12.0. The van der Waals surface area contributed by atoms with Crippen molar-refractivity contribution in [3.63, 3.8) is 0 Å². The monoisotopic (exact) mass is 269 g/mol. The van der Waals surface area contributed by atoms with Gasteiger partial charge in [-0.05, 0) is 31.8 Å². The number of methoxy groups -OCH3 is 1. The fraction of sp³-hybridized carbons (Fsp3) is 0.615. The summed E-state index contributed by atoms with van der Waals surface area (Å²) in [5.74, 6) is -0.166. The molecule has 2 rings (SSSR count). The molecule has 2 heterocycles. The van der Waals surface area contributed by atoms with E-state index < -0.39 is 5.54 Å². The van der Waals surface area contributed by atoms with Crippen molar-refractivity contribution in [2.45, 2.75) is 24.9 Å². The Bertz CT molecular complexity index is 420. The molecule has 1 aromatic rings. The van der Waals surface area contributed by atoms with Gasteiger partial charge < -0.3 is 9.84 Å². The number of carbonyl (C=O) groups is 1. The molecule has 1 N–H and O–H groups in total. The van der Waals surface area contributed by atoms with Crippen LogP contribution in [-0.2, 0) is 9.53 Å². The lowest BCUT2D eigenvalue weighted by molar-refractivity contribution is -0.152. The molecule has 0 saturated carbocycles. The van der Waals surface area contributed by atoms with Crippen LogP contribution in [0.1, 0.15) is 24.3 Å². The fourth-order valence-corrected chi connectivity index (χ4v) is 3.85. The van der Waals surface area contributed by atoms with E-state index >= 15 is 0 Å². The van der Waals surface area contributed by atoms with E-state index in [4.69, 9.17) is 4.74 Å². The summed E-state index contributed by atoms with van der Waals surface area (Å²) in [6.45, 7) is 1.97. The van der Waals surface area contributed by atoms with Crippen LogP contribution in [0.15, 0.2) is 17.5 Å². The summed E-state index contributed by atoms with van der Waals surface area (Å²) in [6, 6.07) is 4.13. The predicted molar refractivity (Wildman–Crippen MR) is 70.4 cm³/mol. The Kier molecular flexibility index (Phi) is 3.75. The van der Waals surface area contributed by atoms with E-state index in [-0.39, 0.29) is 24.5 Å². The third kappa shape index (κ3) is 1.96. The first-order chi connectivity index (χ1) is 8.54. The molecule has 0 bridgehead atoms. The molecule has 0 amide bonds. The molecule has 1 aromatic heterocycles. The summed E-state index contributed by atoms with van der Waals surface area (Å²) in [4.78, 5) is 15.2. The number of likely N-dealkylation sites (tertiary alicyclic amines) is 1. The van der Waals surface area contributed by atoms with Crippen molar-refractivity contribution in [3.05, 3.63) is 22.4 Å². The van der Waals surface area contributed by atoms with Gasteiger partial charge in [0.1, 0.15) is 5.54 Å². The van der Waals surface area contributed by atoms with Crippen molar-refractivity contribution < 1.29 is 14.6 Å². The van der Waals surface area contributed by atoms with Gasteiger partial charge in [-0.3, -0.25) is 9.69 Å². The van der Waals surface area contributed by atoms with E-state index in [9.17, 15) is 9.90 Å². The minimum absolute atomic E-state index is 0.0674. The number of nitrogens with zero attached hydrogens (tertiary/aromatic N) is 1. The first-order valence-electron chi connectivity index (χ1n) is 6.00. The highest BCUT2D eigenvalue weighted by atomic mass is 32.1. The van der Waals surface area contributed by atoms with E-state index in [2.05, 4.69) is 6.07 Å². The van der Waals surface area contributed by atoms with Crippen molar-refractivity contribution in [1.29, 1.82) is 0 Å². The lowest BCUT2D eigenvalue weighted by Gasteiger charge is -2.32. The van der Waals surface area contributed by atoms with Gasteiger partial charge in [0.25, 0.3) is 0 Å². The predicted octanol–water partition coefficient (Wildman–Crippen LogP) is 1.66. The minimum atomic E-state index is -0.656. The van der Waals surface area contributed by atoms with Crippen LogP contribution in [0.5, 0.6) is 0 Å². The lowest BCUT2D eigenvalue weighted by atomic mass is 9.93. The molecule has 3 atom stereocenters. The normalized spacial score (nSPS) is 32.7. The van der Waals surface area contributed by atoms with Crippen molar-refractivity contribution >= 4 is 17.3 Å². The first-order valence-corrected chi connectivity index (χ1v) is 6.88. The van der Waals surface area contributed by atoms with Crippen LogP contribution in [0.4, 0.5) is 0 Å². The third-order valence-electron chi connectivity index (χ3n) is 4.00. The summed E-state index contributed by atoms with van der Waals surface area (Å²) in [5, 5.41) is 11.6. The maximum absolute atomic E-state index is 12.0. The Balaban J connectivity index is 2.34. The number of esters is 1. The number of aliphatic hydroxyl groups is 1. The highest BCUT2D eigenvalue weighted by molar-refractivity contribution is 7.10. The Morgan fingerprint density at radius 1 is 1.72 bits per heavy atom. The number of rotatable bonds is 3. The smallest absolute Gasteiger partial charge is 0.326 e. The molecule has 0 aromatic carbocycles. The van der Waals surface area contributed by atoms with Crippen molar-refractivity contribution in [2.24, 2.45) is 5.92 Å². The van der Waals surface area contributed by atoms with Gasteiger partial charge in [0.2, 0.25) is 0 Å². The van der Waals surface area contributed by atoms with E-state index in [1.807, 2.05) is 30.3 Å². The van der Waals surface area contributed by atoms with Crippen molar-refractivity contribution in [1.82, 2.24) is 4.90 Å². The fourth-order valence-electron chi connectivity index (χ4n) is 2.88. The van der Waals surface area contributed by atoms with Gasteiger partial charge in [-0.25, -0.2) is 0 Å². The second-order valence-electron chi connectivity index (χ2n) is 4.98. The van der Waals surface area contributed by atoms with Gasteiger partial charge in [0.05, 0.1) is 7.11 Å². The van der Waals surface area contributed by atoms with Crippen LogP contribution >= 0.6 is 11.3 Å². The Labute approximate surface area is 111 Å². The van der Waals surface area contributed by atoms with Crippen LogP contribution in [-0.4, -0.2) is 42.3 Å². The van der Waals surface area contributed by atoms with Gasteiger partial charge in [-0.1, -0.05) is 6.07 Å². The molecule has 1 aliphatic heterocycles. The molecule has 100 valence electrons. The molecule has 5 heteroatoms. The van der Waals surface area contributed by atoms with E-state index in [1.54, 1.807) is 11.3 Å². The summed E-state index contributed by atoms with van der Waals surface area (Å²) in [5.41, 5.74) is -0.656. The molecule has 1 saturated heterocycles. The molecule has 0 aliphatic carbocycles. The first kappa shape index (κ1) is 13.5. The summed E-state index contributed by atoms with van der Waals surface area (Å²) in [7, 11) is 3.34. The minimum Gasteiger partial charge on any atom is -0.468 e. The second kappa shape index (κ2) is 4.99. The zero-order valence-corrected chi connectivity index (χ0v) is 11.7. The van der Waals surface area contributed by atoms with E-state index in [0.717, 1.165) is 0 Å². The Hall–Kier alpha value is -0.910. The largest absolute Gasteiger partial charge is 0.468 e. The topological polar surface area (TPSA) is 49.8 Å². The Morgan fingerprint density at radius 3 is 2.94 bits per heavy atom. The zero-order chi connectivity index (χ0) is 13.3. The highest BCUT2D eigenvalue weighted by Crippen LogP contribution is 2.46. The molecular weight excluding hydrogens is 250 g/mol. The van der Waals surface area contributed by atoms with Gasteiger partial charge >= 0.3 is 5.97 Å². The SMILES string of the molecule is COC(=O)[C@]1(C)C[C@H](CO)[C@H](c2cccs2)N1C. The van der Waals surface area contributed by atoms with Gasteiger partial charge in [-0.2, -0.15) is 0 Å². The molecule has 4 nitrogen and oxygen atoms in total. The lowest BCUT2D eigenvalue weighted by Crippen LogP contribution is -2.47. The van der Waals surface area contributed by atoms with Gasteiger partial charge in [0, 0.05) is 23.4 Å². The van der Waals surface area contributed by atoms with Crippen molar-refractivity contribution in [2.75, 3.05) is 20.8 Å². The average molecular weight is 269 g/mol. The molecule has 1 fully saturated rings. The number of likely N-dealkylation sites (N-methyl/N-ethyl adjacent to an activating group) is 1. The third-order valence-corrected chi connectivity index (χ3v) is 4.94. The zero-order valence-electron chi connectivity index (χ0n) is 10.9. The standard InChI is InChI=1S/C13H19NO3S/c1-13(12(16)17-3)7-9(8-15)11(14(13)2)10-5-4-6-18-10/h4-6,9,11,15H,7-8H2,1-3H3/t9-,11-,13+/m1/s1. The van der Waals surface area contributed by atoms with Crippen LogP contribution in [0.25, 0.3) is 0 Å². The molecule has 0 spiro atoms. The summed E-state index contributed by atoms with van der Waals surface area (Å²) >= 11 is 1.66. The number of aliphatic hydroxyl groups excluding tert-OH is 1. The number of ether oxygens (including phenoxy) is 1. The second-order valence-corrected chi connectivity index (χ2v) is 5.96. The quantitative estimate of drug-likeness (QED) is 0.848. The maximum Gasteiger partial charge on any atom is 0.326 e. The number of hydrogen-bond donors (Lipinski definition) is 1. The van der Waals surface area contributed by atoms with Crippen LogP contribution < -0.4 is 0 Å². The Morgan fingerprint density at radius 2 is 2.44 bits per heavy atom.